The van der Waals surface area contributed by atoms with Crippen molar-refractivity contribution in [2.24, 2.45) is 0 Å². The molecule has 0 unspecified atom stereocenters. The molecule has 0 radical (unpaired) electrons. The van der Waals surface area contributed by atoms with Gasteiger partial charge in [0.2, 0.25) is 11.1 Å². The minimum absolute atomic E-state index is 0.143. The Hall–Kier alpha value is -2.71. The first-order valence-electron chi connectivity index (χ1n) is 7.60. The van der Waals surface area contributed by atoms with Crippen LogP contribution in [0.3, 0.4) is 0 Å². The highest BCUT2D eigenvalue weighted by atomic mass is 35.5. The molecule has 134 valence electrons. The summed E-state index contributed by atoms with van der Waals surface area (Å²) < 4.78 is 6.41. The number of nitrogens with one attached hydrogen (secondary N) is 1. The number of hydrogen-bond donors (Lipinski definition) is 2. The van der Waals surface area contributed by atoms with Gasteiger partial charge in [0, 0.05) is 11.3 Å². The highest BCUT2D eigenvalue weighted by molar-refractivity contribution is 7.99. The van der Waals surface area contributed by atoms with Gasteiger partial charge in [-0.1, -0.05) is 35.5 Å². The van der Waals surface area contributed by atoms with Gasteiger partial charge in [0.1, 0.15) is 5.75 Å². The molecular weight excluding hydrogens is 374 g/mol. The molecule has 0 bridgehead atoms. The number of rotatable bonds is 6. The van der Waals surface area contributed by atoms with Crippen molar-refractivity contribution in [3.8, 4) is 17.1 Å². The van der Waals surface area contributed by atoms with E-state index >= 15 is 0 Å². The van der Waals surface area contributed by atoms with Crippen LogP contribution in [-0.4, -0.2) is 33.6 Å². The Balaban J connectivity index is 1.63. The molecule has 3 N–H and O–H groups in total. The van der Waals surface area contributed by atoms with Crippen LogP contribution in [0.1, 0.15) is 0 Å². The molecule has 7 nitrogen and oxygen atoms in total. The van der Waals surface area contributed by atoms with Crippen molar-refractivity contribution in [1.29, 1.82) is 0 Å². The Bertz CT molecular complexity index is 914. The van der Waals surface area contributed by atoms with E-state index in [2.05, 4.69) is 15.5 Å². The molecule has 0 saturated carbocycles. The molecule has 0 saturated heterocycles. The van der Waals surface area contributed by atoms with Crippen molar-refractivity contribution in [2.45, 2.75) is 5.16 Å². The van der Waals surface area contributed by atoms with Gasteiger partial charge in [0.05, 0.1) is 17.9 Å². The van der Waals surface area contributed by atoms with E-state index in [9.17, 15) is 4.79 Å². The number of nitrogens with zero attached hydrogens (tertiary/aromatic N) is 3. The highest BCUT2D eigenvalue weighted by Crippen LogP contribution is 2.27. The summed E-state index contributed by atoms with van der Waals surface area (Å²) in [5, 5.41) is 11.8. The Kier molecular flexibility index (Phi) is 5.65. The van der Waals surface area contributed by atoms with Crippen LogP contribution < -0.4 is 15.9 Å². The lowest BCUT2D eigenvalue weighted by molar-refractivity contribution is -0.113. The summed E-state index contributed by atoms with van der Waals surface area (Å²) in [6.07, 6.45) is 0. The number of nitrogens with two attached hydrogens (primary N) is 1. The number of nitrogen functional groups attached to an aromatic ring is 1. The second-order valence-electron chi connectivity index (χ2n) is 5.22. The van der Waals surface area contributed by atoms with Crippen LogP contribution in [0.25, 0.3) is 11.4 Å². The van der Waals surface area contributed by atoms with Crippen LogP contribution in [0.4, 0.5) is 5.69 Å². The summed E-state index contributed by atoms with van der Waals surface area (Å²) >= 11 is 7.35. The van der Waals surface area contributed by atoms with E-state index in [1.807, 2.05) is 12.1 Å². The maximum atomic E-state index is 12.1. The van der Waals surface area contributed by atoms with Crippen molar-refractivity contribution >= 4 is 35.0 Å². The molecule has 0 aliphatic carbocycles. The minimum Gasteiger partial charge on any atom is -0.497 e. The third-order valence-corrected chi connectivity index (χ3v) is 4.76. The lowest BCUT2D eigenvalue weighted by Crippen LogP contribution is -2.16. The van der Waals surface area contributed by atoms with Crippen LogP contribution in [0, 0.1) is 0 Å². The molecule has 0 aliphatic rings. The molecule has 26 heavy (non-hydrogen) atoms. The largest absolute Gasteiger partial charge is 0.497 e. The van der Waals surface area contributed by atoms with Crippen molar-refractivity contribution in [2.75, 3.05) is 24.0 Å². The smallest absolute Gasteiger partial charge is 0.234 e. The van der Waals surface area contributed by atoms with Crippen molar-refractivity contribution in [1.82, 2.24) is 14.9 Å². The normalized spacial score (nSPS) is 10.5. The lowest BCUT2D eigenvalue weighted by atomic mass is 10.2. The second-order valence-corrected chi connectivity index (χ2v) is 6.57. The van der Waals surface area contributed by atoms with Crippen LogP contribution >= 0.6 is 23.4 Å². The molecule has 9 heteroatoms. The average molecular weight is 390 g/mol. The first-order valence-corrected chi connectivity index (χ1v) is 8.97. The SMILES string of the molecule is COc1ccc(NC(=O)CSc2nnc(-c3ccccc3Cl)n2N)cc1. The maximum Gasteiger partial charge on any atom is 0.234 e. The first kappa shape index (κ1) is 18.1. The number of benzene rings is 2. The average Bonchev–Trinajstić information content (AvgIpc) is 3.01. The van der Waals surface area contributed by atoms with Gasteiger partial charge >= 0.3 is 0 Å². The fraction of sp³-hybridized carbons (Fsp3) is 0.118. The van der Waals surface area contributed by atoms with E-state index in [4.69, 9.17) is 22.2 Å². The first-order chi connectivity index (χ1) is 12.6. The number of amides is 1. The van der Waals surface area contributed by atoms with Gasteiger partial charge in [0.25, 0.3) is 0 Å². The van der Waals surface area contributed by atoms with Gasteiger partial charge in [-0.2, -0.15) is 0 Å². The summed E-state index contributed by atoms with van der Waals surface area (Å²) in [6.45, 7) is 0. The van der Waals surface area contributed by atoms with Crippen LogP contribution in [0.15, 0.2) is 53.7 Å². The molecule has 0 atom stereocenters. The molecule has 1 amide bonds. The number of carbonyl (C=O) groups is 1. The van der Waals surface area contributed by atoms with Gasteiger partial charge in [-0.3, -0.25) is 4.79 Å². The molecule has 2 aromatic carbocycles. The summed E-state index contributed by atoms with van der Waals surface area (Å²) in [6, 6.07) is 14.3. The van der Waals surface area contributed by atoms with Gasteiger partial charge in [-0.25, -0.2) is 4.68 Å². The van der Waals surface area contributed by atoms with Gasteiger partial charge in [-0.15, -0.1) is 10.2 Å². The van der Waals surface area contributed by atoms with E-state index in [1.165, 1.54) is 16.4 Å². The number of halogens is 1. The quantitative estimate of drug-likeness (QED) is 0.497. The number of anilines is 1. The molecular formula is C17H16ClN5O2S. The number of thioether (sulfide) groups is 1. The Morgan fingerprint density at radius 1 is 1.23 bits per heavy atom. The lowest BCUT2D eigenvalue weighted by Gasteiger charge is -2.07. The van der Waals surface area contributed by atoms with Gasteiger partial charge < -0.3 is 15.9 Å². The number of ether oxygens (including phenoxy) is 1. The summed E-state index contributed by atoms with van der Waals surface area (Å²) in [7, 11) is 1.59. The molecule has 0 fully saturated rings. The fourth-order valence-corrected chi connectivity index (χ4v) is 3.08. The topological polar surface area (TPSA) is 95.1 Å². The predicted octanol–water partition coefficient (Wildman–Crippen LogP) is 3.05. The minimum atomic E-state index is -0.178. The van der Waals surface area contributed by atoms with E-state index in [0.29, 0.717) is 27.3 Å². The van der Waals surface area contributed by atoms with Crippen LogP contribution in [-0.2, 0) is 4.79 Å². The maximum absolute atomic E-state index is 12.1. The van der Waals surface area contributed by atoms with E-state index in [-0.39, 0.29) is 11.7 Å². The van der Waals surface area contributed by atoms with E-state index < -0.39 is 0 Å². The monoisotopic (exact) mass is 389 g/mol. The molecule has 3 rings (SSSR count). The summed E-state index contributed by atoms with van der Waals surface area (Å²) in [5.74, 6) is 7.17. The predicted molar refractivity (Wildman–Crippen MR) is 103 cm³/mol. The Labute approximate surface area is 159 Å². The number of methoxy groups -OCH3 is 1. The van der Waals surface area contributed by atoms with Crippen molar-refractivity contribution in [3.63, 3.8) is 0 Å². The zero-order valence-corrected chi connectivity index (χ0v) is 15.4. The molecule has 0 spiro atoms. The van der Waals surface area contributed by atoms with Crippen LogP contribution in [0.2, 0.25) is 5.02 Å². The zero-order chi connectivity index (χ0) is 18.5. The Morgan fingerprint density at radius 3 is 2.65 bits per heavy atom. The summed E-state index contributed by atoms with van der Waals surface area (Å²) in [4.78, 5) is 12.1. The molecule has 0 aliphatic heterocycles. The van der Waals surface area contributed by atoms with Gasteiger partial charge in [0.15, 0.2) is 5.82 Å². The third kappa shape index (κ3) is 4.09. The van der Waals surface area contributed by atoms with Crippen molar-refractivity contribution in [3.05, 3.63) is 53.6 Å². The second kappa shape index (κ2) is 8.11. The Morgan fingerprint density at radius 2 is 1.96 bits per heavy atom. The van der Waals surface area contributed by atoms with E-state index in [0.717, 1.165) is 5.75 Å². The standard InChI is InChI=1S/C17H16ClN5O2S/c1-25-12-8-6-11(7-9-12)20-15(24)10-26-17-22-21-16(23(17)19)13-4-2-3-5-14(13)18/h2-9H,10,19H2,1H3,(H,20,24). The number of aromatic nitrogens is 3. The van der Waals surface area contributed by atoms with Crippen LogP contribution in [0.5, 0.6) is 5.75 Å². The third-order valence-electron chi connectivity index (χ3n) is 3.49. The highest BCUT2D eigenvalue weighted by Gasteiger charge is 2.15. The number of hydrogen-bond acceptors (Lipinski definition) is 6. The fourth-order valence-electron chi connectivity index (χ4n) is 2.20. The molecule has 3 aromatic rings. The van der Waals surface area contributed by atoms with E-state index in [1.54, 1.807) is 43.5 Å². The number of carbonyl (C=O) groups excluding carboxylic acids is 1. The summed E-state index contributed by atoms with van der Waals surface area (Å²) in [5.41, 5.74) is 1.36. The van der Waals surface area contributed by atoms with Gasteiger partial charge in [-0.05, 0) is 36.4 Å². The van der Waals surface area contributed by atoms with Crippen molar-refractivity contribution < 1.29 is 9.53 Å². The molecule has 1 aromatic heterocycles. The zero-order valence-electron chi connectivity index (χ0n) is 13.8. The molecule has 1 heterocycles.